The molecule has 88 valence electrons. The Hall–Kier alpha value is -2.01. The summed E-state index contributed by atoms with van der Waals surface area (Å²) in [5.74, 6) is -2.29. The summed E-state index contributed by atoms with van der Waals surface area (Å²) in [4.78, 5) is 3.84. The number of pyridine rings is 1. The van der Waals surface area contributed by atoms with Crippen LogP contribution >= 0.6 is 0 Å². The first kappa shape index (κ1) is 11.5. The van der Waals surface area contributed by atoms with Crippen LogP contribution in [0.15, 0.2) is 36.5 Å². The van der Waals surface area contributed by atoms with Gasteiger partial charge in [-0.05, 0) is 24.3 Å². The third-order valence-electron chi connectivity index (χ3n) is 2.14. The Balaban J connectivity index is 2.35. The van der Waals surface area contributed by atoms with Crippen molar-refractivity contribution in [1.82, 2.24) is 4.98 Å². The van der Waals surface area contributed by atoms with Crippen LogP contribution in [0.25, 0.3) is 0 Å². The van der Waals surface area contributed by atoms with E-state index in [0.29, 0.717) is 5.56 Å². The molecule has 2 aromatic rings. The van der Waals surface area contributed by atoms with Gasteiger partial charge in [0.15, 0.2) is 11.6 Å². The first-order valence-electron chi connectivity index (χ1n) is 4.89. The molecule has 1 aromatic heterocycles. The van der Waals surface area contributed by atoms with Gasteiger partial charge < -0.3 is 9.84 Å². The van der Waals surface area contributed by atoms with Gasteiger partial charge in [-0.25, -0.2) is 9.37 Å². The lowest BCUT2D eigenvalue weighted by Gasteiger charge is -2.08. The van der Waals surface area contributed by atoms with Gasteiger partial charge in [0.1, 0.15) is 0 Å². The highest BCUT2D eigenvalue weighted by molar-refractivity contribution is 5.33. The Morgan fingerprint density at radius 3 is 2.76 bits per heavy atom. The zero-order valence-electron chi connectivity index (χ0n) is 8.73. The summed E-state index contributed by atoms with van der Waals surface area (Å²) in [5.41, 5.74) is 0.399. The van der Waals surface area contributed by atoms with Crippen molar-refractivity contribution in [2.75, 3.05) is 0 Å². The van der Waals surface area contributed by atoms with E-state index < -0.39 is 11.6 Å². The highest BCUT2D eigenvalue weighted by atomic mass is 19.2. The Morgan fingerprint density at radius 2 is 2.00 bits per heavy atom. The highest BCUT2D eigenvalue weighted by Crippen LogP contribution is 2.26. The molecule has 3 nitrogen and oxygen atoms in total. The number of nitrogens with zero attached hydrogens (tertiary/aromatic N) is 1. The molecule has 2 rings (SSSR count). The van der Waals surface area contributed by atoms with E-state index in [-0.39, 0.29) is 18.2 Å². The van der Waals surface area contributed by atoms with Gasteiger partial charge in [0.05, 0.1) is 6.61 Å². The van der Waals surface area contributed by atoms with E-state index in [2.05, 4.69) is 4.98 Å². The number of rotatable bonds is 3. The number of aliphatic hydroxyl groups is 1. The second kappa shape index (κ2) is 4.88. The van der Waals surface area contributed by atoms with Gasteiger partial charge in [-0.15, -0.1) is 0 Å². The van der Waals surface area contributed by atoms with Gasteiger partial charge >= 0.3 is 0 Å². The maximum Gasteiger partial charge on any atom is 0.224 e. The van der Waals surface area contributed by atoms with Crippen LogP contribution in [0, 0.1) is 11.6 Å². The van der Waals surface area contributed by atoms with Gasteiger partial charge in [-0.1, -0.05) is 6.07 Å². The average Bonchev–Trinajstić information content (AvgIpc) is 2.35. The fraction of sp³-hybridized carbons (Fsp3) is 0.0833. The minimum atomic E-state index is -1.08. The smallest absolute Gasteiger partial charge is 0.224 e. The summed E-state index contributed by atoms with van der Waals surface area (Å²) in [6.07, 6.45) is 1.44. The van der Waals surface area contributed by atoms with Crippen LogP contribution in [0.3, 0.4) is 0 Å². The third-order valence-corrected chi connectivity index (χ3v) is 2.14. The molecule has 0 fully saturated rings. The Kier molecular flexibility index (Phi) is 3.30. The highest BCUT2D eigenvalue weighted by Gasteiger charge is 2.12. The monoisotopic (exact) mass is 237 g/mol. The molecule has 1 aromatic carbocycles. The number of hydrogen-bond donors (Lipinski definition) is 1. The van der Waals surface area contributed by atoms with E-state index in [0.717, 1.165) is 6.07 Å². The molecule has 0 bridgehead atoms. The zero-order chi connectivity index (χ0) is 12.3. The van der Waals surface area contributed by atoms with E-state index in [4.69, 9.17) is 9.84 Å². The van der Waals surface area contributed by atoms with Crippen molar-refractivity contribution in [2.45, 2.75) is 6.61 Å². The summed E-state index contributed by atoms with van der Waals surface area (Å²) in [6.45, 7) is -0.292. The molecule has 0 radical (unpaired) electrons. The lowest BCUT2D eigenvalue weighted by Crippen LogP contribution is -1.97. The second-order valence-corrected chi connectivity index (χ2v) is 3.28. The molecule has 17 heavy (non-hydrogen) atoms. The SMILES string of the molecule is OCc1cccnc1Oc1cccc(F)c1F. The average molecular weight is 237 g/mol. The lowest BCUT2D eigenvalue weighted by molar-refractivity contribution is 0.274. The van der Waals surface area contributed by atoms with E-state index in [1.807, 2.05) is 0 Å². The normalized spacial score (nSPS) is 10.3. The number of benzene rings is 1. The van der Waals surface area contributed by atoms with Crippen LogP contribution in [0.5, 0.6) is 11.6 Å². The van der Waals surface area contributed by atoms with Crippen molar-refractivity contribution in [1.29, 1.82) is 0 Å². The van der Waals surface area contributed by atoms with Crippen molar-refractivity contribution < 1.29 is 18.6 Å². The topological polar surface area (TPSA) is 42.4 Å². The molecule has 0 amide bonds. The first-order chi connectivity index (χ1) is 8.22. The Bertz CT molecular complexity index is 532. The van der Waals surface area contributed by atoms with Crippen molar-refractivity contribution in [3.05, 3.63) is 53.7 Å². The van der Waals surface area contributed by atoms with Crippen LogP contribution in [-0.2, 0) is 6.61 Å². The molecule has 0 aliphatic carbocycles. The van der Waals surface area contributed by atoms with E-state index >= 15 is 0 Å². The van der Waals surface area contributed by atoms with E-state index in [9.17, 15) is 8.78 Å². The zero-order valence-corrected chi connectivity index (χ0v) is 8.73. The number of aliphatic hydroxyl groups excluding tert-OH is 1. The Morgan fingerprint density at radius 1 is 1.18 bits per heavy atom. The number of halogens is 2. The summed E-state index contributed by atoms with van der Waals surface area (Å²) >= 11 is 0. The molecule has 0 aliphatic rings. The molecule has 5 heteroatoms. The van der Waals surface area contributed by atoms with Gasteiger partial charge in [0.25, 0.3) is 0 Å². The van der Waals surface area contributed by atoms with Gasteiger partial charge in [0.2, 0.25) is 11.7 Å². The van der Waals surface area contributed by atoms with E-state index in [1.54, 1.807) is 12.1 Å². The van der Waals surface area contributed by atoms with Crippen LogP contribution in [-0.4, -0.2) is 10.1 Å². The standard InChI is InChI=1S/C12H9F2NO2/c13-9-4-1-5-10(11(9)14)17-12-8(7-16)3-2-6-15-12/h1-6,16H,7H2. The van der Waals surface area contributed by atoms with Gasteiger partial charge in [0, 0.05) is 11.8 Å². The molecule has 0 atom stereocenters. The summed E-state index contributed by atoms with van der Waals surface area (Å²) in [7, 11) is 0. The quantitative estimate of drug-likeness (QED) is 0.892. The van der Waals surface area contributed by atoms with Crippen LogP contribution in [0.1, 0.15) is 5.56 Å². The number of aromatic nitrogens is 1. The predicted octanol–water partition coefficient (Wildman–Crippen LogP) is 2.64. The molecular weight excluding hydrogens is 228 g/mol. The summed E-state index contributed by atoms with van der Waals surface area (Å²) < 4.78 is 31.4. The summed E-state index contributed by atoms with van der Waals surface area (Å²) in [5, 5.41) is 9.03. The van der Waals surface area contributed by atoms with Crippen molar-refractivity contribution in [2.24, 2.45) is 0 Å². The first-order valence-corrected chi connectivity index (χ1v) is 4.89. The van der Waals surface area contributed by atoms with Crippen LogP contribution < -0.4 is 4.74 Å². The number of hydrogen-bond acceptors (Lipinski definition) is 3. The van der Waals surface area contributed by atoms with Gasteiger partial charge in [-0.3, -0.25) is 0 Å². The molecule has 0 spiro atoms. The Labute approximate surface area is 96.3 Å². The molecule has 0 unspecified atom stereocenters. The van der Waals surface area contributed by atoms with Crippen LogP contribution in [0.2, 0.25) is 0 Å². The largest absolute Gasteiger partial charge is 0.435 e. The number of ether oxygens (including phenoxy) is 1. The van der Waals surface area contributed by atoms with E-state index in [1.165, 1.54) is 18.3 Å². The molecule has 0 aliphatic heterocycles. The fourth-order valence-corrected chi connectivity index (χ4v) is 1.30. The van der Waals surface area contributed by atoms with Crippen molar-refractivity contribution in [3.63, 3.8) is 0 Å². The molecular formula is C12H9F2NO2. The lowest BCUT2D eigenvalue weighted by atomic mass is 10.3. The second-order valence-electron chi connectivity index (χ2n) is 3.28. The van der Waals surface area contributed by atoms with Crippen molar-refractivity contribution >= 4 is 0 Å². The summed E-state index contributed by atoms with van der Waals surface area (Å²) in [6, 6.07) is 6.80. The maximum atomic E-state index is 13.3. The maximum absolute atomic E-state index is 13.3. The molecule has 1 N–H and O–H groups in total. The molecule has 0 saturated carbocycles. The van der Waals surface area contributed by atoms with Crippen LogP contribution in [0.4, 0.5) is 8.78 Å². The van der Waals surface area contributed by atoms with Crippen molar-refractivity contribution in [3.8, 4) is 11.6 Å². The predicted molar refractivity (Wildman–Crippen MR) is 56.6 cm³/mol. The minimum absolute atomic E-state index is 0.0551. The fourth-order valence-electron chi connectivity index (χ4n) is 1.30. The molecule has 1 heterocycles. The molecule has 0 saturated heterocycles. The van der Waals surface area contributed by atoms with Gasteiger partial charge in [-0.2, -0.15) is 4.39 Å². The third kappa shape index (κ3) is 2.39. The minimum Gasteiger partial charge on any atom is -0.435 e.